The number of carboxylic acids is 1. The number of carboxylic acid groups (broad SMARTS) is 1. The second-order valence-electron chi connectivity index (χ2n) is 2.99. The summed E-state index contributed by atoms with van der Waals surface area (Å²) in [4.78, 5) is 11.9. The highest BCUT2D eigenvalue weighted by Gasteiger charge is 2.09. The summed E-state index contributed by atoms with van der Waals surface area (Å²) >= 11 is 5.11. The van der Waals surface area contributed by atoms with Gasteiger partial charge in [0.05, 0.1) is 5.56 Å². The first-order valence-corrected chi connectivity index (χ1v) is 5.62. The SMILES string of the molecule is Cc1sc2ccc(C(=O)O)cc2c1Br. The maximum Gasteiger partial charge on any atom is 0.335 e. The van der Waals surface area contributed by atoms with Crippen molar-refractivity contribution < 1.29 is 9.90 Å². The molecule has 0 aliphatic heterocycles. The van der Waals surface area contributed by atoms with Crippen molar-refractivity contribution in [3.8, 4) is 0 Å². The molecule has 1 heterocycles. The molecule has 0 fully saturated rings. The number of hydrogen-bond donors (Lipinski definition) is 1. The topological polar surface area (TPSA) is 37.3 Å². The predicted molar refractivity (Wildman–Crippen MR) is 61.2 cm³/mol. The molecule has 0 bridgehead atoms. The van der Waals surface area contributed by atoms with E-state index in [2.05, 4.69) is 15.9 Å². The van der Waals surface area contributed by atoms with Gasteiger partial charge in [0.2, 0.25) is 0 Å². The molecule has 4 heteroatoms. The first kappa shape index (κ1) is 9.68. The summed E-state index contributed by atoms with van der Waals surface area (Å²) in [6, 6.07) is 5.18. The third-order valence-electron chi connectivity index (χ3n) is 2.04. The highest BCUT2D eigenvalue weighted by molar-refractivity contribution is 9.10. The Labute approximate surface area is 93.3 Å². The molecule has 0 saturated heterocycles. The van der Waals surface area contributed by atoms with Crippen molar-refractivity contribution in [1.82, 2.24) is 0 Å². The quantitative estimate of drug-likeness (QED) is 0.859. The Morgan fingerprint density at radius 2 is 2.21 bits per heavy atom. The van der Waals surface area contributed by atoms with E-state index in [1.807, 2.05) is 13.0 Å². The second kappa shape index (κ2) is 3.37. The van der Waals surface area contributed by atoms with E-state index in [-0.39, 0.29) is 0 Å². The van der Waals surface area contributed by atoms with E-state index in [9.17, 15) is 4.79 Å². The summed E-state index contributed by atoms with van der Waals surface area (Å²) < 4.78 is 2.11. The molecule has 0 radical (unpaired) electrons. The average Bonchev–Trinajstić information content (AvgIpc) is 2.43. The Bertz CT molecular complexity index is 516. The fourth-order valence-electron chi connectivity index (χ4n) is 1.32. The number of aromatic carboxylic acids is 1. The molecule has 0 unspecified atom stereocenters. The van der Waals surface area contributed by atoms with Crippen LogP contribution in [0.1, 0.15) is 15.2 Å². The first-order valence-electron chi connectivity index (χ1n) is 4.01. The van der Waals surface area contributed by atoms with Crippen molar-refractivity contribution in [3.63, 3.8) is 0 Å². The molecule has 1 N–H and O–H groups in total. The molecule has 0 aliphatic rings. The number of rotatable bonds is 1. The van der Waals surface area contributed by atoms with Crippen molar-refractivity contribution >= 4 is 43.3 Å². The van der Waals surface area contributed by atoms with E-state index in [0.29, 0.717) is 5.56 Å². The number of fused-ring (bicyclic) bond motifs is 1. The van der Waals surface area contributed by atoms with Gasteiger partial charge in [0.1, 0.15) is 0 Å². The Balaban J connectivity index is 2.76. The third-order valence-corrected chi connectivity index (χ3v) is 4.41. The van der Waals surface area contributed by atoms with Crippen LogP contribution in [0.4, 0.5) is 0 Å². The van der Waals surface area contributed by atoms with Gasteiger partial charge in [-0.3, -0.25) is 0 Å². The Morgan fingerprint density at radius 3 is 2.86 bits per heavy atom. The normalized spacial score (nSPS) is 10.7. The smallest absolute Gasteiger partial charge is 0.335 e. The highest BCUT2D eigenvalue weighted by atomic mass is 79.9. The van der Waals surface area contributed by atoms with Crippen LogP contribution in [0.3, 0.4) is 0 Å². The Morgan fingerprint density at radius 1 is 1.50 bits per heavy atom. The van der Waals surface area contributed by atoms with Crippen LogP contribution in [0, 0.1) is 6.92 Å². The Kier molecular flexibility index (Phi) is 2.33. The van der Waals surface area contributed by atoms with Crippen molar-refractivity contribution in [3.05, 3.63) is 33.1 Å². The van der Waals surface area contributed by atoms with Crippen LogP contribution in [0.15, 0.2) is 22.7 Å². The second-order valence-corrected chi connectivity index (χ2v) is 5.04. The van der Waals surface area contributed by atoms with Crippen LogP contribution in [0.2, 0.25) is 0 Å². The van der Waals surface area contributed by atoms with Crippen molar-refractivity contribution in [2.24, 2.45) is 0 Å². The molecule has 0 spiro atoms. The van der Waals surface area contributed by atoms with Gasteiger partial charge in [-0.2, -0.15) is 0 Å². The third kappa shape index (κ3) is 1.44. The average molecular weight is 271 g/mol. The van der Waals surface area contributed by atoms with Crippen molar-refractivity contribution in [2.45, 2.75) is 6.92 Å². The molecule has 0 amide bonds. The molecule has 0 aliphatic carbocycles. The van der Waals surface area contributed by atoms with Crippen molar-refractivity contribution in [1.29, 1.82) is 0 Å². The molecular weight excluding hydrogens is 264 g/mol. The number of carbonyl (C=O) groups is 1. The molecule has 0 atom stereocenters. The number of halogens is 1. The minimum atomic E-state index is -0.886. The number of aryl methyl sites for hydroxylation is 1. The summed E-state index contributed by atoms with van der Waals surface area (Å²) in [5.74, 6) is -0.886. The van der Waals surface area contributed by atoms with Gasteiger partial charge in [-0.25, -0.2) is 4.79 Å². The summed E-state index contributed by atoms with van der Waals surface area (Å²) in [7, 11) is 0. The maximum atomic E-state index is 10.8. The van der Waals surface area contributed by atoms with Crippen LogP contribution >= 0.6 is 27.3 Å². The highest BCUT2D eigenvalue weighted by Crippen LogP contribution is 2.35. The van der Waals surface area contributed by atoms with E-state index < -0.39 is 5.97 Å². The van der Waals surface area contributed by atoms with E-state index in [1.54, 1.807) is 23.5 Å². The lowest BCUT2D eigenvalue weighted by molar-refractivity contribution is 0.0697. The van der Waals surface area contributed by atoms with E-state index in [0.717, 1.165) is 14.6 Å². The minimum Gasteiger partial charge on any atom is -0.478 e. The van der Waals surface area contributed by atoms with Gasteiger partial charge in [0.15, 0.2) is 0 Å². The summed E-state index contributed by atoms with van der Waals surface area (Å²) in [6.45, 7) is 2.01. The largest absolute Gasteiger partial charge is 0.478 e. The van der Waals surface area contributed by atoms with Crippen LogP contribution in [-0.4, -0.2) is 11.1 Å². The van der Waals surface area contributed by atoms with Crippen LogP contribution in [-0.2, 0) is 0 Å². The molecule has 2 rings (SSSR count). The van der Waals surface area contributed by atoms with Gasteiger partial charge in [-0.05, 0) is 41.1 Å². The van der Waals surface area contributed by atoms with Gasteiger partial charge in [0.25, 0.3) is 0 Å². The standard InChI is InChI=1S/C10H7BrO2S/c1-5-9(11)7-4-6(10(12)13)2-3-8(7)14-5/h2-4H,1H3,(H,12,13). The molecule has 2 nitrogen and oxygen atoms in total. The minimum absolute atomic E-state index is 0.330. The molecule has 14 heavy (non-hydrogen) atoms. The lowest BCUT2D eigenvalue weighted by Gasteiger charge is -1.94. The lowest BCUT2D eigenvalue weighted by Crippen LogP contribution is -1.94. The van der Waals surface area contributed by atoms with Crippen LogP contribution < -0.4 is 0 Å². The molecule has 1 aromatic carbocycles. The zero-order valence-corrected chi connectivity index (χ0v) is 9.78. The number of thiophene rings is 1. The van der Waals surface area contributed by atoms with Crippen LogP contribution in [0.25, 0.3) is 10.1 Å². The molecular formula is C10H7BrO2S. The van der Waals surface area contributed by atoms with Gasteiger partial charge < -0.3 is 5.11 Å². The fraction of sp³-hybridized carbons (Fsp3) is 0.100. The van der Waals surface area contributed by atoms with Crippen LogP contribution in [0.5, 0.6) is 0 Å². The molecule has 72 valence electrons. The zero-order chi connectivity index (χ0) is 10.3. The monoisotopic (exact) mass is 270 g/mol. The number of benzene rings is 1. The zero-order valence-electron chi connectivity index (χ0n) is 7.37. The number of hydrogen-bond acceptors (Lipinski definition) is 2. The molecule has 1 aromatic heterocycles. The molecule has 2 aromatic rings. The van der Waals surface area contributed by atoms with E-state index in [4.69, 9.17) is 5.11 Å². The fourth-order valence-corrected chi connectivity index (χ4v) is 2.96. The first-order chi connectivity index (χ1) is 6.59. The van der Waals surface area contributed by atoms with Gasteiger partial charge in [-0.15, -0.1) is 11.3 Å². The lowest BCUT2D eigenvalue weighted by atomic mass is 10.1. The summed E-state index contributed by atoms with van der Waals surface area (Å²) in [5.41, 5.74) is 0.330. The maximum absolute atomic E-state index is 10.8. The van der Waals surface area contributed by atoms with Crippen molar-refractivity contribution in [2.75, 3.05) is 0 Å². The van der Waals surface area contributed by atoms with E-state index >= 15 is 0 Å². The summed E-state index contributed by atoms with van der Waals surface area (Å²) in [5, 5.41) is 9.81. The van der Waals surface area contributed by atoms with E-state index in [1.165, 1.54) is 4.88 Å². The van der Waals surface area contributed by atoms with Gasteiger partial charge in [-0.1, -0.05) is 0 Å². The van der Waals surface area contributed by atoms with Gasteiger partial charge >= 0.3 is 5.97 Å². The Hall–Kier alpha value is -0.870. The molecule has 0 saturated carbocycles. The predicted octanol–water partition coefficient (Wildman–Crippen LogP) is 3.67. The summed E-state index contributed by atoms with van der Waals surface area (Å²) in [6.07, 6.45) is 0. The van der Waals surface area contributed by atoms with Gasteiger partial charge in [0, 0.05) is 19.4 Å².